The summed E-state index contributed by atoms with van der Waals surface area (Å²) in [7, 11) is 0. The second kappa shape index (κ2) is 4.01. The van der Waals surface area contributed by atoms with Crippen LogP contribution in [-0.4, -0.2) is 6.04 Å². The lowest BCUT2D eigenvalue weighted by atomic mass is 10.1. The molecule has 0 fully saturated rings. The van der Waals surface area contributed by atoms with Gasteiger partial charge in [0.15, 0.2) is 0 Å². The van der Waals surface area contributed by atoms with Gasteiger partial charge in [0, 0.05) is 6.04 Å². The Morgan fingerprint density at radius 3 is 2.85 bits per heavy atom. The van der Waals surface area contributed by atoms with Crippen molar-refractivity contribution in [2.75, 3.05) is 0 Å². The first-order valence-electron chi connectivity index (χ1n) is 4.07. The predicted molar refractivity (Wildman–Crippen MR) is 48.5 cm³/mol. The van der Waals surface area contributed by atoms with Crippen molar-refractivity contribution in [3.8, 4) is 6.07 Å². The molecule has 1 aromatic carbocycles. The van der Waals surface area contributed by atoms with E-state index in [1.165, 1.54) is 6.07 Å². The third-order valence-corrected chi connectivity index (χ3v) is 1.71. The summed E-state index contributed by atoms with van der Waals surface area (Å²) in [5.41, 5.74) is 6.56. The minimum atomic E-state index is -0.476. The molecule has 1 aromatic rings. The van der Waals surface area contributed by atoms with Gasteiger partial charge in [-0.1, -0.05) is 6.07 Å². The summed E-state index contributed by atoms with van der Waals surface area (Å²) < 4.78 is 12.9. The Morgan fingerprint density at radius 1 is 1.62 bits per heavy atom. The van der Waals surface area contributed by atoms with Gasteiger partial charge in [-0.15, -0.1) is 0 Å². The van der Waals surface area contributed by atoms with Gasteiger partial charge in [0.2, 0.25) is 0 Å². The van der Waals surface area contributed by atoms with Crippen LogP contribution in [0.1, 0.15) is 18.1 Å². The number of halogens is 1. The van der Waals surface area contributed by atoms with Crippen LogP contribution in [0.5, 0.6) is 0 Å². The number of rotatable bonds is 2. The van der Waals surface area contributed by atoms with Crippen molar-refractivity contribution in [2.24, 2.45) is 5.73 Å². The van der Waals surface area contributed by atoms with Crippen LogP contribution in [0.2, 0.25) is 0 Å². The Hall–Kier alpha value is -1.40. The lowest BCUT2D eigenvalue weighted by molar-refractivity contribution is 0.622. The molecule has 0 amide bonds. The van der Waals surface area contributed by atoms with Crippen molar-refractivity contribution in [1.29, 1.82) is 5.26 Å². The molecule has 0 saturated heterocycles. The van der Waals surface area contributed by atoms with Crippen molar-refractivity contribution >= 4 is 0 Å². The molecule has 0 aliphatic carbocycles. The quantitative estimate of drug-likeness (QED) is 0.747. The van der Waals surface area contributed by atoms with E-state index in [0.717, 1.165) is 5.56 Å². The molecule has 0 aliphatic heterocycles. The molecule has 0 bridgehead atoms. The maximum atomic E-state index is 12.9. The average molecular weight is 178 g/mol. The Bertz CT molecular complexity index is 339. The second-order valence-electron chi connectivity index (χ2n) is 3.11. The summed E-state index contributed by atoms with van der Waals surface area (Å²) in [5, 5.41) is 8.56. The molecule has 0 spiro atoms. The van der Waals surface area contributed by atoms with Gasteiger partial charge in [-0.3, -0.25) is 0 Å². The fraction of sp³-hybridized carbons (Fsp3) is 0.300. The smallest absolute Gasteiger partial charge is 0.140 e. The molecule has 0 saturated carbocycles. The van der Waals surface area contributed by atoms with Crippen molar-refractivity contribution in [1.82, 2.24) is 0 Å². The van der Waals surface area contributed by atoms with Gasteiger partial charge < -0.3 is 5.73 Å². The zero-order valence-corrected chi connectivity index (χ0v) is 7.42. The van der Waals surface area contributed by atoms with Crippen molar-refractivity contribution in [2.45, 2.75) is 19.4 Å². The van der Waals surface area contributed by atoms with Crippen molar-refractivity contribution in [3.05, 3.63) is 35.1 Å². The van der Waals surface area contributed by atoms with Gasteiger partial charge >= 0.3 is 0 Å². The molecular weight excluding hydrogens is 167 g/mol. The number of benzene rings is 1. The SMILES string of the molecule is CC(N)Cc1ccc(F)c(C#N)c1. The molecule has 1 atom stereocenters. The second-order valence-corrected chi connectivity index (χ2v) is 3.11. The molecule has 0 aliphatic rings. The lowest BCUT2D eigenvalue weighted by Gasteiger charge is -2.05. The average Bonchev–Trinajstić information content (AvgIpc) is 2.07. The number of nitriles is 1. The minimum Gasteiger partial charge on any atom is -0.328 e. The highest BCUT2D eigenvalue weighted by Gasteiger charge is 2.03. The van der Waals surface area contributed by atoms with Crippen LogP contribution in [0.3, 0.4) is 0 Å². The summed E-state index contributed by atoms with van der Waals surface area (Å²) in [5.74, 6) is -0.476. The predicted octanol–water partition coefficient (Wildman–Crippen LogP) is 1.59. The first kappa shape index (κ1) is 9.69. The van der Waals surface area contributed by atoms with E-state index in [9.17, 15) is 4.39 Å². The van der Waals surface area contributed by atoms with E-state index in [4.69, 9.17) is 11.0 Å². The van der Waals surface area contributed by atoms with E-state index in [2.05, 4.69) is 0 Å². The summed E-state index contributed by atoms with van der Waals surface area (Å²) in [4.78, 5) is 0. The molecule has 2 N–H and O–H groups in total. The maximum Gasteiger partial charge on any atom is 0.140 e. The van der Waals surface area contributed by atoms with Crippen LogP contribution in [-0.2, 0) is 6.42 Å². The number of hydrogen-bond acceptors (Lipinski definition) is 2. The number of nitrogens with zero attached hydrogens (tertiary/aromatic N) is 1. The molecule has 0 radical (unpaired) electrons. The summed E-state index contributed by atoms with van der Waals surface area (Å²) >= 11 is 0. The van der Waals surface area contributed by atoms with E-state index < -0.39 is 5.82 Å². The Kier molecular flexibility index (Phi) is 2.99. The van der Waals surface area contributed by atoms with Gasteiger partial charge in [-0.05, 0) is 31.0 Å². The van der Waals surface area contributed by atoms with E-state index in [-0.39, 0.29) is 11.6 Å². The summed E-state index contributed by atoms with van der Waals surface area (Å²) in [6.07, 6.45) is 0.662. The van der Waals surface area contributed by atoms with Crippen molar-refractivity contribution in [3.63, 3.8) is 0 Å². The highest BCUT2D eigenvalue weighted by molar-refractivity contribution is 5.34. The van der Waals surface area contributed by atoms with Crippen LogP contribution in [0.25, 0.3) is 0 Å². The molecule has 3 heteroatoms. The highest BCUT2D eigenvalue weighted by atomic mass is 19.1. The summed E-state index contributed by atoms with van der Waals surface area (Å²) in [6.45, 7) is 1.87. The first-order valence-corrected chi connectivity index (χ1v) is 4.07. The van der Waals surface area contributed by atoms with Gasteiger partial charge in [-0.2, -0.15) is 5.26 Å². The fourth-order valence-electron chi connectivity index (χ4n) is 1.16. The van der Waals surface area contributed by atoms with E-state index in [0.29, 0.717) is 6.42 Å². The molecule has 0 heterocycles. The van der Waals surface area contributed by atoms with Crippen LogP contribution < -0.4 is 5.73 Å². The van der Waals surface area contributed by atoms with Crippen LogP contribution >= 0.6 is 0 Å². The normalized spacial score (nSPS) is 12.2. The monoisotopic (exact) mass is 178 g/mol. The number of hydrogen-bond donors (Lipinski definition) is 1. The van der Waals surface area contributed by atoms with Crippen molar-refractivity contribution < 1.29 is 4.39 Å². The van der Waals surface area contributed by atoms with Gasteiger partial charge in [0.25, 0.3) is 0 Å². The van der Waals surface area contributed by atoms with Gasteiger partial charge in [0.05, 0.1) is 5.56 Å². The largest absolute Gasteiger partial charge is 0.328 e. The van der Waals surface area contributed by atoms with Crippen LogP contribution in [0, 0.1) is 17.1 Å². The lowest BCUT2D eigenvalue weighted by Crippen LogP contribution is -2.17. The molecule has 1 unspecified atom stereocenters. The Labute approximate surface area is 76.8 Å². The van der Waals surface area contributed by atoms with E-state index >= 15 is 0 Å². The molecule has 13 heavy (non-hydrogen) atoms. The standard InChI is InChI=1S/C10H11FN2/c1-7(13)4-8-2-3-10(11)9(5-8)6-12/h2-3,5,7H,4,13H2,1H3. The van der Waals surface area contributed by atoms with Gasteiger partial charge in [-0.25, -0.2) is 4.39 Å². The highest BCUT2D eigenvalue weighted by Crippen LogP contribution is 2.10. The van der Waals surface area contributed by atoms with E-state index in [1.807, 2.05) is 6.92 Å². The third kappa shape index (κ3) is 2.53. The maximum absolute atomic E-state index is 12.9. The summed E-state index contributed by atoms with van der Waals surface area (Å²) in [6, 6.07) is 6.31. The van der Waals surface area contributed by atoms with Gasteiger partial charge in [0.1, 0.15) is 11.9 Å². The van der Waals surface area contributed by atoms with Crippen LogP contribution in [0.4, 0.5) is 4.39 Å². The molecular formula is C10H11FN2. The zero-order chi connectivity index (χ0) is 9.84. The van der Waals surface area contributed by atoms with E-state index in [1.54, 1.807) is 18.2 Å². The first-order chi connectivity index (χ1) is 6.13. The molecule has 0 aromatic heterocycles. The Morgan fingerprint density at radius 2 is 2.31 bits per heavy atom. The zero-order valence-electron chi connectivity index (χ0n) is 7.42. The fourth-order valence-corrected chi connectivity index (χ4v) is 1.16. The Balaban J connectivity index is 2.95. The molecule has 68 valence electrons. The molecule has 1 rings (SSSR count). The topological polar surface area (TPSA) is 49.8 Å². The minimum absolute atomic E-state index is 0.0250. The van der Waals surface area contributed by atoms with Crippen LogP contribution in [0.15, 0.2) is 18.2 Å². The number of nitrogens with two attached hydrogens (primary N) is 1. The third-order valence-electron chi connectivity index (χ3n) is 1.71. The molecule has 2 nitrogen and oxygen atoms in total.